The minimum atomic E-state index is 0.136. The van der Waals surface area contributed by atoms with E-state index in [1.54, 1.807) is 0 Å². The van der Waals surface area contributed by atoms with Crippen LogP contribution in [0.4, 0.5) is 10.5 Å². The monoisotopic (exact) mass is 301 g/mol. The Balaban J connectivity index is 1.63. The van der Waals surface area contributed by atoms with Gasteiger partial charge in [-0.25, -0.2) is 4.79 Å². The summed E-state index contributed by atoms with van der Waals surface area (Å²) in [6.07, 6.45) is 5.00. The molecule has 4 nitrogen and oxygen atoms in total. The van der Waals surface area contributed by atoms with Gasteiger partial charge in [-0.05, 0) is 57.4 Å². The van der Waals surface area contributed by atoms with Crippen LogP contribution in [0.15, 0.2) is 24.3 Å². The molecular weight excluding hydrogens is 274 g/mol. The number of benzene rings is 1. The van der Waals surface area contributed by atoms with Crippen LogP contribution in [0, 0.1) is 0 Å². The van der Waals surface area contributed by atoms with Gasteiger partial charge in [0, 0.05) is 30.9 Å². The fourth-order valence-corrected chi connectivity index (χ4v) is 3.47. The Hall–Kier alpha value is -1.55. The van der Waals surface area contributed by atoms with Gasteiger partial charge in [-0.2, -0.15) is 0 Å². The van der Waals surface area contributed by atoms with Crippen molar-refractivity contribution in [1.29, 1.82) is 0 Å². The van der Waals surface area contributed by atoms with Gasteiger partial charge in [0.05, 0.1) is 0 Å². The van der Waals surface area contributed by atoms with Crippen molar-refractivity contribution in [2.24, 2.45) is 0 Å². The molecule has 1 unspecified atom stereocenters. The molecule has 0 aromatic heterocycles. The lowest BCUT2D eigenvalue weighted by atomic mass is 9.98. The van der Waals surface area contributed by atoms with Crippen LogP contribution in [0.25, 0.3) is 0 Å². The topological polar surface area (TPSA) is 35.6 Å². The highest BCUT2D eigenvalue weighted by atomic mass is 16.2. The molecule has 4 heteroatoms. The quantitative estimate of drug-likeness (QED) is 0.928. The predicted molar refractivity (Wildman–Crippen MR) is 90.4 cm³/mol. The maximum Gasteiger partial charge on any atom is 0.324 e. The van der Waals surface area contributed by atoms with E-state index in [9.17, 15) is 4.79 Å². The molecule has 2 aliphatic rings. The molecule has 1 aromatic rings. The van der Waals surface area contributed by atoms with Crippen LogP contribution >= 0.6 is 0 Å². The number of nitrogens with zero attached hydrogens (tertiary/aromatic N) is 2. The third kappa shape index (κ3) is 3.27. The number of amides is 2. The van der Waals surface area contributed by atoms with E-state index in [-0.39, 0.29) is 12.1 Å². The molecule has 2 heterocycles. The molecule has 1 N–H and O–H groups in total. The standard InChI is InChI=1S/C18H27N3O/c1-14(2)20-11-12-21(18(20)22)17-8-6-15(7-9-17)13-16-5-3-4-10-19-16/h6-9,14,16,19H,3-5,10-13H2,1-2H3. The number of urea groups is 1. The third-order valence-electron chi connectivity index (χ3n) is 4.81. The van der Waals surface area contributed by atoms with Gasteiger partial charge in [0.15, 0.2) is 0 Å². The molecule has 2 amide bonds. The summed E-state index contributed by atoms with van der Waals surface area (Å²) in [6.45, 7) is 6.91. The van der Waals surface area contributed by atoms with Crippen LogP contribution in [0.3, 0.4) is 0 Å². The molecule has 0 radical (unpaired) electrons. The Kier molecular flexibility index (Phi) is 4.67. The Morgan fingerprint density at radius 2 is 1.95 bits per heavy atom. The van der Waals surface area contributed by atoms with Gasteiger partial charge in [0.1, 0.15) is 0 Å². The van der Waals surface area contributed by atoms with E-state index >= 15 is 0 Å². The summed E-state index contributed by atoms with van der Waals surface area (Å²) in [5, 5.41) is 3.59. The van der Waals surface area contributed by atoms with Crippen LogP contribution in [-0.4, -0.2) is 42.6 Å². The second kappa shape index (κ2) is 6.69. The Labute approximate surface area is 133 Å². The molecule has 22 heavy (non-hydrogen) atoms. The first-order valence-electron chi connectivity index (χ1n) is 8.55. The summed E-state index contributed by atoms with van der Waals surface area (Å²) >= 11 is 0. The number of hydrogen-bond donors (Lipinski definition) is 1. The highest BCUT2D eigenvalue weighted by Gasteiger charge is 2.30. The highest BCUT2D eigenvalue weighted by molar-refractivity contribution is 5.94. The van der Waals surface area contributed by atoms with Gasteiger partial charge < -0.3 is 10.2 Å². The largest absolute Gasteiger partial charge is 0.324 e. The minimum Gasteiger partial charge on any atom is -0.320 e. The second-order valence-electron chi connectivity index (χ2n) is 6.74. The Morgan fingerprint density at radius 1 is 1.18 bits per heavy atom. The molecule has 2 saturated heterocycles. The molecule has 0 saturated carbocycles. The summed E-state index contributed by atoms with van der Waals surface area (Å²) in [6, 6.07) is 9.57. The summed E-state index contributed by atoms with van der Waals surface area (Å²) in [7, 11) is 0. The van der Waals surface area contributed by atoms with Crippen LogP contribution in [0.5, 0.6) is 0 Å². The van der Waals surface area contributed by atoms with Crippen LogP contribution in [0.1, 0.15) is 38.7 Å². The van der Waals surface area contributed by atoms with Crippen molar-refractivity contribution in [3.8, 4) is 0 Å². The summed E-state index contributed by atoms with van der Waals surface area (Å²) in [5.41, 5.74) is 2.38. The van der Waals surface area contributed by atoms with Crippen molar-refractivity contribution in [3.63, 3.8) is 0 Å². The number of hydrogen-bond acceptors (Lipinski definition) is 2. The molecule has 2 fully saturated rings. The van der Waals surface area contributed by atoms with Crippen molar-refractivity contribution < 1.29 is 4.79 Å². The van der Waals surface area contributed by atoms with Crippen LogP contribution < -0.4 is 10.2 Å². The lowest BCUT2D eigenvalue weighted by molar-refractivity contribution is 0.209. The average molecular weight is 301 g/mol. The zero-order valence-electron chi connectivity index (χ0n) is 13.7. The maximum atomic E-state index is 12.4. The molecule has 3 rings (SSSR count). The first-order chi connectivity index (χ1) is 10.6. The third-order valence-corrected chi connectivity index (χ3v) is 4.81. The van der Waals surface area contributed by atoms with Gasteiger partial charge in [-0.1, -0.05) is 18.6 Å². The first-order valence-corrected chi connectivity index (χ1v) is 8.55. The van der Waals surface area contributed by atoms with Crippen molar-refractivity contribution in [2.75, 3.05) is 24.5 Å². The number of piperidine rings is 1. The number of anilines is 1. The van der Waals surface area contributed by atoms with Gasteiger partial charge in [-0.15, -0.1) is 0 Å². The van der Waals surface area contributed by atoms with Gasteiger partial charge in [-0.3, -0.25) is 4.90 Å². The molecular formula is C18H27N3O. The molecule has 1 atom stereocenters. The van der Waals surface area contributed by atoms with Gasteiger partial charge >= 0.3 is 6.03 Å². The number of carbonyl (C=O) groups excluding carboxylic acids is 1. The average Bonchev–Trinajstić information content (AvgIpc) is 2.91. The molecule has 1 aromatic carbocycles. The molecule has 120 valence electrons. The lowest BCUT2D eigenvalue weighted by Gasteiger charge is -2.24. The summed E-state index contributed by atoms with van der Waals surface area (Å²) in [5.74, 6) is 0. The molecule has 2 aliphatic heterocycles. The zero-order valence-corrected chi connectivity index (χ0v) is 13.7. The predicted octanol–water partition coefficient (Wildman–Crippen LogP) is 3.02. The minimum absolute atomic E-state index is 0.136. The number of nitrogens with one attached hydrogen (secondary N) is 1. The van der Waals surface area contributed by atoms with Crippen LogP contribution in [-0.2, 0) is 6.42 Å². The fourth-order valence-electron chi connectivity index (χ4n) is 3.47. The van der Waals surface area contributed by atoms with Crippen molar-refractivity contribution >= 4 is 11.7 Å². The highest BCUT2D eigenvalue weighted by Crippen LogP contribution is 2.23. The smallest absolute Gasteiger partial charge is 0.320 e. The zero-order chi connectivity index (χ0) is 15.5. The maximum absolute atomic E-state index is 12.4. The van der Waals surface area contributed by atoms with E-state index in [2.05, 4.69) is 43.4 Å². The van der Waals surface area contributed by atoms with Crippen molar-refractivity contribution in [1.82, 2.24) is 10.2 Å². The SMILES string of the molecule is CC(C)N1CCN(c2ccc(CC3CCCCN3)cc2)C1=O. The molecule has 0 spiro atoms. The van der Waals surface area contributed by atoms with E-state index in [0.717, 1.165) is 31.7 Å². The summed E-state index contributed by atoms with van der Waals surface area (Å²) < 4.78 is 0. The van der Waals surface area contributed by atoms with E-state index < -0.39 is 0 Å². The fraction of sp³-hybridized carbons (Fsp3) is 0.611. The Morgan fingerprint density at radius 3 is 2.55 bits per heavy atom. The van der Waals surface area contributed by atoms with E-state index in [1.807, 2.05) is 9.80 Å². The van der Waals surface area contributed by atoms with Crippen LogP contribution in [0.2, 0.25) is 0 Å². The lowest BCUT2D eigenvalue weighted by Crippen LogP contribution is -2.36. The van der Waals surface area contributed by atoms with Gasteiger partial charge in [0.2, 0.25) is 0 Å². The van der Waals surface area contributed by atoms with Crippen molar-refractivity contribution in [2.45, 2.75) is 51.6 Å². The van der Waals surface area contributed by atoms with E-state index in [1.165, 1.54) is 24.8 Å². The number of carbonyl (C=O) groups is 1. The molecule has 0 bridgehead atoms. The van der Waals surface area contributed by atoms with Gasteiger partial charge in [0.25, 0.3) is 0 Å². The van der Waals surface area contributed by atoms with E-state index in [0.29, 0.717) is 6.04 Å². The Bertz CT molecular complexity index is 506. The summed E-state index contributed by atoms with van der Waals surface area (Å²) in [4.78, 5) is 16.2. The second-order valence-corrected chi connectivity index (χ2v) is 6.74. The number of rotatable bonds is 4. The normalized spacial score (nSPS) is 22.7. The first kappa shape index (κ1) is 15.3. The molecule has 0 aliphatic carbocycles. The van der Waals surface area contributed by atoms with E-state index in [4.69, 9.17) is 0 Å². The van der Waals surface area contributed by atoms with Crippen molar-refractivity contribution in [3.05, 3.63) is 29.8 Å².